The highest BCUT2D eigenvalue weighted by atomic mass is 16.5. The summed E-state index contributed by atoms with van der Waals surface area (Å²) >= 11 is 0. The SMILES string of the molecule is CN=C(NCc1ccc(N2CCC(C)CC2)nc1)N(C)CCC1CCOCC1. The highest BCUT2D eigenvalue weighted by Gasteiger charge is 2.17. The lowest BCUT2D eigenvalue weighted by atomic mass is 9.96. The first-order valence-electron chi connectivity index (χ1n) is 10.8. The van der Waals surface area contributed by atoms with Crippen LogP contribution in [0.15, 0.2) is 23.3 Å². The fourth-order valence-electron chi connectivity index (χ4n) is 4.03. The maximum absolute atomic E-state index is 5.46. The van der Waals surface area contributed by atoms with E-state index in [1.807, 2.05) is 13.2 Å². The van der Waals surface area contributed by atoms with Crippen LogP contribution in [0, 0.1) is 11.8 Å². The van der Waals surface area contributed by atoms with E-state index < -0.39 is 0 Å². The van der Waals surface area contributed by atoms with Crippen LogP contribution in [0.1, 0.15) is 44.6 Å². The lowest BCUT2D eigenvalue weighted by molar-refractivity contribution is 0.0625. The van der Waals surface area contributed by atoms with Crippen LogP contribution >= 0.6 is 0 Å². The number of piperidine rings is 1. The van der Waals surface area contributed by atoms with Crippen LogP contribution in [0.5, 0.6) is 0 Å². The molecule has 2 aliphatic heterocycles. The molecule has 1 aromatic heterocycles. The molecular weight excluding hydrogens is 350 g/mol. The number of anilines is 1. The molecule has 0 unspecified atom stereocenters. The van der Waals surface area contributed by atoms with Crippen LogP contribution in [0.4, 0.5) is 5.82 Å². The van der Waals surface area contributed by atoms with Crippen LogP contribution in [-0.4, -0.2) is 62.8 Å². The number of nitrogens with one attached hydrogen (secondary N) is 1. The number of hydrogen-bond acceptors (Lipinski definition) is 4. The number of rotatable bonds is 6. The molecule has 6 heteroatoms. The van der Waals surface area contributed by atoms with Crippen LogP contribution in [0.2, 0.25) is 0 Å². The van der Waals surface area contributed by atoms with Gasteiger partial charge in [0.1, 0.15) is 5.82 Å². The Hall–Kier alpha value is -1.82. The van der Waals surface area contributed by atoms with Gasteiger partial charge >= 0.3 is 0 Å². The summed E-state index contributed by atoms with van der Waals surface area (Å²) in [6.45, 7) is 8.19. The van der Waals surface area contributed by atoms with Crippen molar-refractivity contribution in [1.82, 2.24) is 15.2 Å². The van der Waals surface area contributed by atoms with E-state index in [1.54, 1.807) is 0 Å². The monoisotopic (exact) mass is 387 g/mol. The highest BCUT2D eigenvalue weighted by molar-refractivity contribution is 5.79. The molecular formula is C22H37N5O. The largest absolute Gasteiger partial charge is 0.381 e. The lowest BCUT2D eigenvalue weighted by Gasteiger charge is -2.31. The Morgan fingerprint density at radius 3 is 2.64 bits per heavy atom. The summed E-state index contributed by atoms with van der Waals surface area (Å²) in [7, 11) is 3.97. The first kappa shape index (κ1) is 20.9. The topological polar surface area (TPSA) is 53.0 Å². The fourth-order valence-corrected chi connectivity index (χ4v) is 4.03. The number of aliphatic imine (C=N–C) groups is 1. The molecule has 2 fully saturated rings. The van der Waals surface area contributed by atoms with Crippen LogP contribution in [-0.2, 0) is 11.3 Å². The van der Waals surface area contributed by atoms with Crippen molar-refractivity contribution in [3.8, 4) is 0 Å². The van der Waals surface area contributed by atoms with E-state index >= 15 is 0 Å². The second kappa shape index (κ2) is 10.6. The Kier molecular flexibility index (Phi) is 7.95. The van der Waals surface area contributed by atoms with E-state index in [4.69, 9.17) is 9.72 Å². The van der Waals surface area contributed by atoms with Crippen molar-refractivity contribution in [3.05, 3.63) is 23.9 Å². The molecule has 6 nitrogen and oxygen atoms in total. The first-order valence-corrected chi connectivity index (χ1v) is 10.8. The molecule has 0 amide bonds. The van der Waals surface area contributed by atoms with Crippen molar-refractivity contribution in [2.24, 2.45) is 16.8 Å². The van der Waals surface area contributed by atoms with Gasteiger partial charge in [-0.05, 0) is 55.6 Å². The van der Waals surface area contributed by atoms with Crippen molar-refractivity contribution < 1.29 is 4.74 Å². The third-order valence-electron chi connectivity index (χ3n) is 6.15. The Labute approximate surface area is 170 Å². The highest BCUT2D eigenvalue weighted by Crippen LogP contribution is 2.21. The number of hydrogen-bond donors (Lipinski definition) is 1. The maximum atomic E-state index is 5.46. The second-order valence-electron chi connectivity index (χ2n) is 8.36. The van der Waals surface area contributed by atoms with Gasteiger partial charge in [0.05, 0.1) is 0 Å². The van der Waals surface area contributed by atoms with Gasteiger partial charge in [-0.2, -0.15) is 0 Å². The second-order valence-corrected chi connectivity index (χ2v) is 8.36. The normalized spacial score (nSPS) is 19.7. The first-order chi connectivity index (χ1) is 13.7. The minimum atomic E-state index is 0.749. The fraction of sp³-hybridized carbons (Fsp3) is 0.727. The van der Waals surface area contributed by atoms with Crippen molar-refractivity contribution in [2.75, 3.05) is 51.8 Å². The minimum Gasteiger partial charge on any atom is -0.381 e. The molecule has 0 radical (unpaired) electrons. The van der Waals surface area contributed by atoms with E-state index in [2.05, 4.69) is 46.2 Å². The molecule has 3 rings (SSSR count). The van der Waals surface area contributed by atoms with E-state index in [9.17, 15) is 0 Å². The maximum Gasteiger partial charge on any atom is 0.193 e. The molecule has 28 heavy (non-hydrogen) atoms. The Morgan fingerprint density at radius 1 is 1.25 bits per heavy atom. The summed E-state index contributed by atoms with van der Waals surface area (Å²) in [5, 5.41) is 3.48. The Bertz CT molecular complexity index is 604. The molecule has 0 aromatic carbocycles. The third kappa shape index (κ3) is 6.09. The van der Waals surface area contributed by atoms with Gasteiger partial charge in [0.15, 0.2) is 5.96 Å². The molecule has 0 saturated carbocycles. The summed E-state index contributed by atoms with van der Waals surface area (Å²) in [6.07, 6.45) is 8.10. The van der Waals surface area contributed by atoms with Crippen molar-refractivity contribution in [2.45, 2.75) is 45.6 Å². The van der Waals surface area contributed by atoms with Gasteiger partial charge in [0, 0.05) is 59.7 Å². The zero-order chi connectivity index (χ0) is 19.8. The smallest absolute Gasteiger partial charge is 0.193 e. The molecule has 156 valence electrons. The zero-order valence-corrected chi connectivity index (χ0v) is 17.9. The predicted molar refractivity (Wildman–Crippen MR) is 116 cm³/mol. The van der Waals surface area contributed by atoms with E-state index in [0.717, 1.165) is 63.0 Å². The quantitative estimate of drug-likeness (QED) is 0.600. The van der Waals surface area contributed by atoms with Gasteiger partial charge in [0.25, 0.3) is 0 Å². The number of aromatic nitrogens is 1. The van der Waals surface area contributed by atoms with Crippen LogP contribution in [0.3, 0.4) is 0 Å². The number of pyridine rings is 1. The number of nitrogens with zero attached hydrogens (tertiary/aromatic N) is 4. The molecule has 1 N–H and O–H groups in total. The van der Waals surface area contributed by atoms with Crippen molar-refractivity contribution in [3.63, 3.8) is 0 Å². The minimum absolute atomic E-state index is 0.749. The van der Waals surface area contributed by atoms with Gasteiger partial charge in [0.2, 0.25) is 0 Å². The molecule has 1 aromatic rings. The number of ether oxygens (including phenoxy) is 1. The van der Waals surface area contributed by atoms with Crippen molar-refractivity contribution in [1.29, 1.82) is 0 Å². The van der Waals surface area contributed by atoms with Gasteiger partial charge in [-0.3, -0.25) is 4.99 Å². The van der Waals surface area contributed by atoms with E-state index in [0.29, 0.717) is 0 Å². The third-order valence-corrected chi connectivity index (χ3v) is 6.15. The lowest BCUT2D eigenvalue weighted by Crippen LogP contribution is -2.39. The molecule has 3 heterocycles. The molecule has 2 aliphatic rings. The van der Waals surface area contributed by atoms with Gasteiger partial charge in [-0.15, -0.1) is 0 Å². The van der Waals surface area contributed by atoms with E-state index in [1.165, 1.54) is 37.7 Å². The predicted octanol–water partition coefficient (Wildman–Crippen LogP) is 3.14. The Morgan fingerprint density at radius 2 is 2.00 bits per heavy atom. The summed E-state index contributed by atoms with van der Waals surface area (Å²) in [6, 6.07) is 4.34. The molecule has 2 saturated heterocycles. The Balaban J connectivity index is 1.43. The molecule has 0 aliphatic carbocycles. The molecule has 0 spiro atoms. The summed E-state index contributed by atoms with van der Waals surface area (Å²) in [5.74, 6) is 3.67. The molecule has 0 bridgehead atoms. The van der Waals surface area contributed by atoms with Gasteiger partial charge < -0.3 is 19.9 Å². The zero-order valence-electron chi connectivity index (χ0n) is 17.9. The van der Waals surface area contributed by atoms with Gasteiger partial charge in [-0.25, -0.2) is 4.98 Å². The summed E-state index contributed by atoms with van der Waals surface area (Å²) in [4.78, 5) is 13.8. The molecule has 0 atom stereocenters. The van der Waals surface area contributed by atoms with Gasteiger partial charge in [-0.1, -0.05) is 13.0 Å². The van der Waals surface area contributed by atoms with Crippen LogP contribution < -0.4 is 10.2 Å². The standard InChI is InChI=1S/C22H37N5O/c1-18-6-12-27(13-7-18)21-5-4-20(16-24-21)17-25-22(23-2)26(3)11-8-19-9-14-28-15-10-19/h4-5,16,18-19H,6-15,17H2,1-3H3,(H,23,25). The number of guanidine groups is 1. The summed E-state index contributed by atoms with van der Waals surface area (Å²) in [5.41, 5.74) is 1.19. The van der Waals surface area contributed by atoms with E-state index in [-0.39, 0.29) is 0 Å². The van der Waals surface area contributed by atoms with Crippen molar-refractivity contribution >= 4 is 11.8 Å². The summed E-state index contributed by atoms with van der Waals surface area (Å²) < 4.78 is 5.46. The average Bonchev–Trinajstić information content (AvgIpc) is 2.74. The average molecular weight is 388 g/mol. The van der Waals surface area contributed by atoms with Crippen LogP contribution in [0.25, 0.3) is 0 Å².